The van der Waals surface area contributed by atoms with E-state index in [2.05, 4.69) is 25.9 Å². The summed E-state index contributed by atoms with van der Waals surface area (Å²) in [6, 6.07) is 4.84. The Labute approximate surface area is 214 Å². The van der Waals surface area contributed by atoms with Crippen molar-refractivity contribution in [2.45, 2.75) is 47.9 Å². The number of rotatable bonds is 6. The lowest BCUT2D eigenvalue weighted by atomic mass is 9.72. The number of tetrazole rings is 1. The average Bonchev–Trinajstić information content (AvgIpc) is 3.36. The van der Waals surface area contributed by atoms with Gasteiger partial charge in [-0.05, 0) is 66.1 Å². The van der Waals surface area contributed by atoms with Crippen molar-refractivity contribution >= 4 is 33.0 Å². The van der Waals surface area contributed by atoms with Crippen molar-refractivity contribution in [3.05, 3.63) is 64.2 Å². The van der Waals surface area contributed by atoms with E-state index in [1.165, 1.54) is 12.1 Å². The summed E-state index contributed by atoms with van der Waals surface area (Å²) in [5, 5.41) is 26.2. The fourth-order valence-corrected chi connectivity index (χ4v) is 7.95. The number of anilines is 1. The Kier molecular flexibility index (Phi) is 6.49. The van der Waals surface area contributed by atoms with Crippen LogP contribution in [0.25, 0.3) is 0 Å². The maximum absolute atomic E-state index is 13.6. The summed E-state index contributed by atoms with van der Waals surface area (Å²) in [7, 11) is -4.02. The maximum Gasteiger partial charge on any atom is 0.255 e. The van der Waals surface area contributed by atoms with Crippen LogP contribution in [-0.2, 0) is 16.3 Å². The van der Waals surface area contributed by atoms with Crippen LogP contribution in [0, 0.1) is 29.3 Å². The van der Waals surface area contributed by atoms with E-state index in [1.807, 2.05) is 0 Å². The molecule has 2 aliphatic carbocycles. The monoisotopic (exact) mass is 555 g/mol. The van der Waals surface area contributed by atoms with Crippen LogP contribution in [0.15, 0.2) is 35.2 Å². The Morgan fingerprint density at radius 3 is 2.38 bits per heavy atom. The first kappa shape index (κ1) is 25.6. The summed E-state index contributed by atoms with van der Waals surface area (Å²) in [6.45, 7) is 0. The second kappa shape index (κ2) is 9.37. The molecular formula is C23H21ClF3N5O4S. The van der Waals surface area contributed by atoms with Gasteiger partial charge in [-0.1, -0.05) is 11.6 Å². The predicted molar refractivity (Wildman–Crippen MR) is 125 cm³/mol. The summed E-state index contributed by atoms with van der Waals surface area (Å²) in [5.41, 5.74) is -1.61. The number of nitrogens with one attached hydrogen (secondary N) is 2. The molecule has 3 N–H and O–H groups in total. The van der Waals surface area contributed by atoms with Crippen LogP contribution in [0.1, 0.15) is 41.9 Å². The number of hydrogen-bond acceptors (Lipinski definition) is 7. The zero-order valence-corrected chi connectivity index (χ0v) is 20.7. The lowest BCUT2D eigenvalue weighted by Gasteiger charge is -2.42. The molecule has 4 atom stereocenters. The van der Waals surface area contributed by atoms with E-state index in [0.717, 1.165) is 6.07 Å². The van der Waals surface area contributed by atoms with Crippen molar-refractivity contribution in [1.29, 1.82) is 0 Å². The third kappa shape index (κ3) is 4.59. The van der Waals surface area contributed by atoms with Gasteiger partial charge in [0.25, 0.3) is 5.91 Å². The topological polar surface area (TPSA) is 138 Å². The van der Waals surface area contributed by atoms with Crippen LogP contribution in [0.4, 0.5) is 18.9 Å². The van der Waals surface area contributed by atoms with E-state index in [-0.39, 0.29) is 52.3 Å². The largest absolute Gasteiger partial charge is 0.389 e. The summed E-state index contributed by atoms with van der Waals surface area (Å²) < 4.78 is 67.5. The van der Waals surface area contributed by atoms with Gasteiger partial charge in [0.15, 0.2) is 33.1 Å². The van der Waals surface area contributed by atoms with E-state index >= 15 is 0 Å². The van der Waals surface area contributed by atoms with Gasteiger partial charge in [0.05, 0.1) is 20.8 Å². The standard InChI is InChI=1S/C23H21ClF3N5O4S/c24-16-4-1-11(22(33)28-14-8-17(25)21(27)18(26)9-14)5-19(16)37(35,36)15-6-12-2-3-13(7-15)23(12,34)10-20-29-31-32-30-20/h1,4-5,8-9,12-13,15,34H,2-3,6-7,10H2,(H,28,33)(H,29,30,31,32)/t12-,13?,15-,23-/m0/s1. The molecule has 1 unspecified atom stereocenters. The van der Waals surface area contributed by atoms with Gasteiger partial charge in [-0.2, -0.15) is 0 Å². The van der Waals surface area contributed by atoms with Gasteiger partial charge < -0.3 is 10.4 Å². The minimum Gasteiger partial charge on any atom is -0.389 e. The molecule has 1 heterocycles. The highest BCUT2D eigenvalue weighted by molar-refractivity contribution is 7.92. The lowest BCUT2D eigenvalue weighted by molar-refractivity contribution is -0.0590. The summed E-state index contributed by atoms with van der Waals surface area (Å²) >= 11 is 6.24. The molecule has 3 aromatic rings. The first-order valence-corrected chi connectivity index (χ1v) is 13.4. The first-order chi connectivity index (χ1) is 17.5. The number of fused-ring (bicyclic) bond motifs is 2. The lowest BCUT2D eigenvalue weighted by Crippen LogP contribution is -2.49. The molecule has 0 aliphatic heterocycles. The van der Waals surface area contributed by atoms with Gasteiger partial charge in [0.1, 0.15) is 0 Å². The van der Waals surface area contributed by atoms with E-state index < -0.39 is 44.0 Å². The molecule has 2 aliphatic rings. The number of nitrogens with zero attached hydrogens (tertiary/aromatic N) is 3. The van der Waals surface area contributed by atoms with Gasteiger partial charge in [-0.25, -0.2) is 26.7 Å². The molecule has 2 saturated carbocycles. The Hall–Kier alpha value is -3.03. The highest BCUT2D eigenvalue weighted by Crippen LogP contribution is 2.53. The molecule has 1 amide bonds. The molecule has 14 heteroatoms. The zero-order valence-electron chi connectivity index (χ0n) is 19.1. The Morgan fingerprint density at radius 1 is 1.14 bits per heavy atom. The number of hydrogen-bond donors (Lipinski definition) is 3. The van der Waals surface area contributed by atoms with Gasteiger partial charge in [-0.15, -0.1) is 5.10 Å². The van der Waals surface area contributed by atoms with Crippen LogP contribution >= 0.6 is 11.6 Å². The highest BCUT2D eigenvalue weighted by atomic mass is 35.5. The third-order valence-corrected chi connectivity index (χ3v) is 10.0. The summed E-state index contributed by atoms with van der Waals surface area (Å²) in [5.74, 6) is -5.69. The molecule has 0 spiro atoms. The molecule has 2 bridgehead atoms. The molecule has 1 aromatic heterocycles. The fraction of sp³-hybridized carbons (Fsp3) is 0.391. The summed E-state index contributed by atoms with van der Waals surface area (Å²) in [6.07, 6.45) is 1.87. The Balaban J connectivity index is 1.38. The smallest absolute Gasteiger partial charge is 0.255 e. The second-order valence-corrected chi connectivity index (χ2v) is 12.1. The van der Waals surface area contributed by atoms with Crippen molar-refractivity contribution in [2.24, 2.45) is 11.8 Å². The number of H-pyrrole nitrogens is 1. The molecule has 196 valence electrons. The van der Waals surface area contributed by atoms with Crippen molar-refractivity contribution < 1.29 is 31.5 Å². The number of aromatic nitrogens is 4. The third-order valence-electron chi connectivity index (χ3n) is 7.39. The SMILES string of the molecule is O=C(Nc1cc(F)c(F)c(F)c1)c1ccc(Cl)c(S(=O)(=O)[C@@H]2CC3CC[C@@H](C2)[C@@]3(O)Cc2nnn[nH]2)c1. The van der Waals surface area contributed by atoms with Crippen LogP contribution < -0.4 is 5.32 Å². The van der Waals surface area contributed by atoms with Crippen LogP contribution in [-0.4, -0.2) is 50.9 Å². The van der Waals surface area contributed by atoms with Crippen LogP contribution in [0.2, 0.25) is 5.02 Å². The average molecular weight is 556 g/mol. The van der Waals surface area contributed by atoms with Gasteiger partial charge in [-0.3, -0.25) is 4.79 Å². The molecule has 0 saturated heterocycles. The van der Waals surface area contributed by atoms with Gasteiger partial charge >= 0.3 is 0 Å². The molecule has 37 heavy (non-hydrogen) atoms. The van der Waals surface area contributed by atoms with Crippen molar-refractivity contribution in [3.63, 3.8) is 0 Å². The maximum atomic E-state index is 13.6. The molecular weight excluding hydrogens is 535 g/mol. The quantitative estimate of drug-likeness (QED) is 0.396. The van der Waals surface area contributed by atoms with E-state index in [1.54, 1.807) is 0 Å². The van der Waals surface area contributed by atoms with Crippen molar-refractivity contribution in [2.75, 3.05) is 5.32 Å². The van der Waals surface area contributed by atoms with Gasteiger partial charge in [0, 0.05) is 29.8 Å². The number of carbonyl (C=O) groups is 1. The Morgan fingerprint density at radius 2 is 1.78 bits per heavy atom. The Bertz CT molecular complexity index is 1430. The van der Waals surface area contributed by atoms with Crippen molar-refractivity contribution in [3.8, 4) is 0 Å². The predicted octanol–water partition coefficient (Wildman–Crippen LogP) is 3.46. The molecule has 0 radical (unpaired) electrons. The second-order valence-electron chi connectivity index (χ2n) is 9.48. The number of halogens is 4. The van der Waals surface area contributed by atoms with Gasteiger partial charge in [0.2, 0.25) is 0 Å². The first-order valence-electron chi connectivity index (χ1n) is 11.4. The fourth-order valence-electron chi connectivity index (χ4n) is 5.55. The number of aromatic amines is 1. The van der Waals surface area contributed by atoms with Crippen LogP contribution in [0.3, 0.4) is 0 Å². The number of amides is 1. The molecule has 2 fully saturated rings. The van der Waals surface area contributed by atoms with E-state index in [4.69, 9.17) is 11.6 Å². The zero-order chi connectivity index (χ0) is 26.5. The molecule has 9 nitrogen and oxygen atoms in total. The van der Waals surface area contributed by atoms with Crippen molar-refractivity contribution in [1.82, 2.24) is 20.6 Å². The minimum absolute atomic E-state index is 0.0867. The minimum atomic E-state index is -4.02. The molecule has 5 rings (SSSR count). The number of carbonyl (C=O) groups excluding carboxylic acids is 1. The highest BCUT2D eigenvalue weighted by Gasteiger charge is 2.56. The summed E-state index contributed by atoms with van der Waals surface area (Å²) in [4.78, 5) is 12.4. The molecule has 2 aromatic carbocycles. The normalized spacial score (nSPS) is 25.3. The number of benzene rings is 2. The van der Waals surface area contributed by atoms with Crippen LogP contribution in [0.5, 0.6) is 0 Å². The van der Waals surface area contributed by atoms with E-state index in [9.17, 15) is 31.5 Å². The number of sulfone groups is 1. The van der Waals surface area contributed by atoms with E-state index in [0.29, 0.717) is 30.8 Å². The number of aliphatic hydroxyl groups is 1.